The number of hydrogen-bond donors (Lipinski definition) is 1. The van der Waals surface area contributed by atoms with Crippen LogP contribution in [0.1, 0.15) is 6.92 Å². The van der Waals surface area contributed by atoms with Crippen molar-refractivity contribution in [2.24, 2.45) is 0 Å². The molecule has 0 amide bonds. The van der Waals surface area contributed by atoms with Crippen LogP contribution in [0.4, 0.5) is 17.6 Å². The highest BCUT2D eigenvalue weighted by Gasteiger charge is 2.53. The standard InChI is InChI=1S/C7H8F4O2/c1-4(8)5(2)13-6(3,12)7(9,10)11/h12H,1-2H2,3H3. The molecular weight excluding hydrogens is 192 g/mol. The van der Waals surface area contributed by atoms with Crippen molar-refractivity contribution in [3.63, 3.8) is 0 Å². The van der Waals surface area contributed by atoms with Crippen molar-refractivity contribution in [2.75, 3.05) is 0 Å². The monoisotopic (exact) mass is 200 g/mol. The number of aliphatic hydroxyl groups is 1. The van der Waals surface area contributed by atoms with Crippen LogP contribution in [0.5, 0.6) is 0 Å². The molecule has 0 aromatic carbocycles. The Bertz CT molecular complexity index is 229. The van der Waals surface area contributed by atoms with Crippen LogP contribution in [0, 0.1) is 0 Å². The lowest BCUT2D eigenvalue weighted by Crippen LogP contribution is -2.44. The van der Waals surface area contributed by atoms with Crippen molar-refractivity contribution < 1.29 is 27.4 Å². The molecule has 0 aromatic rings. The molecule has 1 unspecified atom stereocenters. The van der Waals surface area contributed by atoms with E-state index in [1.165, 1.54) is 0 Å². The Labute approximate surface area is 72.1 Å². The fourth-order valence-corrected chi connectivity index (χ4v) is 0.353. The molecule has 2 nitrogen and oxygen atoms in total. The van der Waals surface area contributed by atoms with Crippen LogP contribution in [0.15, 0.2) is 24.7 Å². The van der Waals surface area contributed by atoms with Gasteiger partial charge in [0.15, 0.2) is 11.6 Å². The summed E-state index contributed by atoms with van der Waals surface area (Å²) >= 11 is 0. The molecule has 0 aliphatic heterocycles. The smallest absolute Gasteiger partial charge is 0.451 e. The zero-order valence-electron chi connectivity index (χ0n) is 6.78. The van der Waals surface area contributed by atoms with Crippen molar-refractivity contribution in [1.82, 2.24) is 0 Å². The summed E-state index contributed by atoms with van der Waals surface area (Å²) in [7, 11) is 0. The van der Waals surface area contributed by atoms with Crippen LogP contribution in [0.25, 0.3) is 0 Å². The third-order valence-electron chi connectivity index (χ3n) is 1.15. The fraction of sp³-hybridized carbons (Fsp3) is 0.429. The summed E-state index contributed by atoms with van der Waals surface area (Å²) in [5, 5.41) is 8.65. The maximum atomic E-state index is 12.1. The van der Waals surface area contributed by atoms with Gasteiger partial charge in [0.25, 0.3) is 0 Å². The minimum absolute atomic E-state index is 0.334. The molecule has 0 saturated heterocycles. The van der Waals surface area contributed by atoms with E-state index >= 15 is 0 Å². The van der Waals surface area contributed by atoms with Crippen LogP contribution < -0.4 is 0 Å². The van der Waals surface area contributed by atoms with Gasteiger partial charge in [-0.3, -0.25) is 0 Å². The highest BCUT2D eigenvalue weighted by Crippen LogP contribution is 2.33. The number of hydrogen-bond acceptors (Lipinski definition) is 2. The van der Waals surface area contributed by atoms with E-state index in [9.17, 15) is 17.6 Å². The molecule has 0 saturated carbocycles. The Morgan fingerprint density at radius 2 is 1.69 bits per heavy atom. The first kappa shape index (κ1) is 12.0. The van der Waals surface area contributed by atoms with Gasteiger partial charge in [-0.05, 0) is 0 Å². The van der Waals surface area contributed by atoms with Crippen molar-refractivity contribution in [3.05, 3.63) is 24.7 Å². The Morgan fingerprint density at radius 1 is 1.31 bits per heavy atom. The Balaban J connectivity index is 4.53. The van der Waals surface area contributed by atoms with Gasteiger partial charge in [0.1, 0.15) is 0 Å². The number of halogens is 4. The normalized spacial score (nSPS) is 16.2. The summed E-state index contributed by atoms with van der Waals surface area (Å²) in [4.78, 5) is 0. The molecule has 0 aliphatic rings. The van der Waals surface area contributed by atoms with Crippen LogP contribution in [-0.2, 0) is 4.74 Å². The molecule has 0 radical (unpaired) electrons. The molecule has 1 N–H and O–H groups in total. The van der Waals surface area contributed by atoms with Crippen molar-refractivity contribution >= 4 is 0 Å². The Morgan fingerprint density at radius 3 is 1.92 bits per heavy atom. The van der Waals surface area contributed by atoms with Gasteiger partial charge in [-0.1, -0.05) is 13.2 Å². The minimum Gasteiger partial charge on any atom is -0.451 e. The highest BCUT2D eigenvalue weighted by atomic mass is 19.4. The number of ether oxygens (including phenoxy) is 1. The molecule has 13 heavy (non-hydrogen) atoms. The van der Waals surface area contributed by atoms with Gasteiger partial charge in [0.05, 0.1) is 0 Å². The average molecular weight is 200 g/mol. The predicted molar refractivity (Wildman–Crippen MR) is 37.2 cm³/mol. The van der Waals surface area contributed by atoms with Gasteiger partial charge < -0.3 is 9.84 Å². The molecule has 0 heterocycles. The molecule has 1 atom stereocenters. The van der Waals surface area contributed by atoms with Crippen LogP contribution >= 0.6 is 0 Å². The molecular formula is C7H8F4O2. The van der Waals surface area contributed by atoms with Gasteiger partial charge in [0, 0.05) is 6.92 Å². The zero-order chi connectivity index (χ0) is 10.9. The summed E-state index contributed by atoms with van der Waals surface area (Å²) in [6.45, 7) is 5.78. The van der Waals surface area contributed by atoms with E-state index in [1.807, 2.05) is 0 Å². The highest BCUT2D eigenvalue weighted by molar-refractivity contribution is 5.11. The topological polar surface area (TPSA) is 29.5 Å². The van der Waals surface area contributed by atoms with Crippen LogP contribution in [0.3, 0.4) is 0 Å². The van der Waals surface area contributed by atoms with E-state index in [2.05, 4.69) is 17.9 Å². The van der Waals surface area contributed by atoms with Crippen molar-refractivity contribution in [2.45, 2.75) is 18.9 Å². The second kappa shape index (κ2) is 3.37. The van der Waals surface area contributed by atoms with Crippen molar-refractivity contribution in [1.29, 1.82) is 0 Å². The zero-order valence-corrected chi connectivity index (χ0v) is 6.78. The van der Waals surface area contributed by atoms with E-state index < -0.39 is 23.5 Å². The molecule has 0 aliphatic carbocycles. The number of rotatable bonds is 3. The summed E-state index contributed by atoms with van der Waals surface area (Å²) in [5.74, 6) is -5.69. The van der Waals surface area contributed by atoms with Crippen LogP contribution in [-0.4, -0.2) is 17.1 Å². The lowest BCUT2D eigenvalue weighted by molar-refractivity contribution is -0.344. The summed E-state index contributed by atoms with van der Waals surface area (Å²) in [6.07, 6.45) is -5.02. The van der Waals surface area contributed by atoms with Gasteiger partial charge in [-0.25, -0.2) is 4.39 Å². The first-order chi connectivity index (χ1) is 5.58. The number of alkyl halides is 3. The Hall–Kier alpha value is -1.04. The summed E-state index contributed by atoms with van der Waals surface area (Å²) < 4.78 is 51.6. The second-order valence-electron chi connectivity index (χ2n) is 2.41. The lowest BCUT2D eigenvalue weighted by Gasteiger charge is -2.27. The predicted octanol–water partition coefficient (Wildman–Crippen LogP) is 2.27. The number of allylic oxidation sites excluding steroid dienone is 1. The van der Waals surface area contributed by atoms with Crippen LogP contribution in [0.2, 0.25) is 0 Å². The SMILES string of the molecule is C=C(F)C(=C)OC(C)(O)C(F)(F)F. The average Bonchev–Trinajstić information content (AvgIpc) is 1.83. The maximum absolute atomic E-state index is 12.1. The van der Waals surface area contributed by atoms with E-state index in [-0.39, 0.29) is 0 Å². The van der Waals surface area contributed by atoms with E-state index in [4.69, 9.17) is 5.11 Å². The van der Waals surface area contributed by atoms with Crippen molar-refractivity contribution in [3.8, 4) is 0 Å². The molecule has 76 valence electrons. The third kappa shape index (κ3) is 3.06. The molecule has 0 rings (SSSR count). The maximum Gasteiger partial charge on any atom is 0.454 e. The molecule has 6 heteroatoms. The minimum atomic E-state index is -5.02. The largest absolute Gasteiger partial charge is 0.454 e. The quantitative estimate of drug-likeness (QED) is 0.327. The van der Waals surface area contributed by atoms with E-state index in [0.717, 1.165) is 0 Å². The fourth-order valence-electron chi connectivity index (χ4n) is 0.353. The van der Waals surface area contributed by atoms with Gasteiger partial charge >= 0.3 is 12.0 Å². The molecule has 0 fully saturated rings. The van der Waals surface area contributed by atoms with E-state index in [0.29, 0.717) is 6.92 Å². The molecule has 0 aromatic heterocycles. The second-order valence-corrected chi connectivity index (χ2v) is 2.41. The Kier molecular flexibility index (Phi) is 3.10. The first-order valence-electron chi connectivity index (χ1n) is 3.09. The van der Waals surface area contributed by atoms with Gasteiger partial charge in [-0.2, -0.15) is 13.2 Å². The lowest BCUT2D eigenvalue weighted by atomic mass is 10.3. The third-order valence-corrected chi connectivity index (χ3v) is 1.15. The van der Waals surface area contributed by atoms with E-state index in [1.54, 1.807) is 0 Å². The first-order valence-corrected chi connectivity index (χ1v) is 3.09. The molecule has 0 spiro atoms. The summed E-state index contributed by atoms with van der Waals surface area (Å²) in [6, 6.07) is 0. The van der Waals surface area contributed by atoms with Gasteiger partial charge in [-0.15, -0.1) is 0 Å². The summed E-state index contributed by atoms with van der Waals surface area (Å²) in [5.41, 5.74) is 0. The van der Waals surface area contributed by atoms with Gasteiger partial charge in [0.2, 0.25) is 0 Å². The molecule has 0 bridgehead atoms.